The minimum Gasteiger partial charge on any atom is -0.309 e. The van der Waals surface area contributed by atoms with E-state index >= 15 is 0 Å². The summed E-state index contributed by atoms with van der Waals surface area (Å²) in [6, 6.07) is 17.6. The lowest BCUT2D eigenvalue weighted by molar-refractivity contribution is -0.116. The second kappa shape index (κ2) is 7.99. The Morgan fingerprint density at radius 2 is 1.88 bits per heavy atom. The molecule has 0 spiro atoms. The quantitative estimate of drug-likeness (QED) is 0.711. The van der Waals surface area contributed by atoms with Crippen molar-refractivity contribution in [3.63, 3.8) is 0 Å². The number of amides is 1. The average Bonchev–Trinajstić information content (AvgIpc) is 3.03. The van der Waals surface area contributed by atoms with Gasteiger partial charge >= 0.3 is 0 Å². The zero-order chi connectivity index (χ0) is 17.6. The molecular weight excluding hydrogens is 334 g/mol. The van der Waals surface area contributed by atoms with Crippen LogP contribution in [0.4, 0.5) is 5.82 Å². The first-order valence-corrected chi connectivity index (χ1v) is 8.60. The molecule has 3 aromatic rings. The van der Waals surface area contributed by atoms with Gasteiger partial charge in [-0.3, -0.25) is 9.48 Å². The van der Waals surface area contributed by atoms with E-state index in [4.69, 9.17) is 11.6 Å². The predicted octanol–water partition coefficient (Wildman–Crippen LogP) is 4.46. The third kappa shape index (κ3) is 4.94. The zero-order valence-electron chi connectivity index (χ0n) is 14.1. The maximum atomic E-state index is 12.1. The van der Waals surface area contributed by atoms with Crippen molar-refractivity contribution in [1.29, 1.82) is 0 Å². The summed E-state index contributed by atoms with van der Waals surface area (Å²) in [6.45, 7) is 2.77. The smallest absolute Gasteiger partial charge is 0.225 e. The SMILES string of the molecule is Cc1ccccc1Cn1ccc(NC(=O)CCc2ccc(Cl)cc2)n1. The summed E-state index contributed by atoms with van der Waals surface area (Å²) in [4.78, 5) is 12.1. The third-order valence-corrected chi connectivity index (χ3v) is 4.31. The first-order chi connectivity index (χ1) is 12.1. The average molecular weight is 354 g/mol. The van der Waals surface area contributed by atoms with Crippen molar-refractivity contribution in [1.82, 2.24) is 9.78 Å². The molecule has 4 nitrogen and oxygen atoms in total. The lowest BCUT2D eigenvalue weighted by Crippen LogP contribution is -2.13. The maximum absolute atomic E-state index is 12.1. The summed E-state index contributed by atoms with van der Waals surface area (Å²) >= 11 is 5.86. The standard InChI is InChI=1S/C20H20ClN3O/c1-15-4-2-3-5-17(15)14-24-13-12-19(23-24)22-20(25)11-8-16-6-9-18(21)10-7-16/h2-7,9-10,12-13H,8,11,14H2,1H3,(H,22,23,25). The Labute approximate surface area is 152 Å². The van der Waals surface area contributed by atoms with E-state index in [1.807, 2.05) is 53.3 Å². The summed E-state index contributed by atoms with van der Waals surface area (Å²) < 4.78 is 1.83. The van der Waals surface area contributed by atoms with Gasteiger partial charge in [-0.05, 0) is 42.2 Å². The van der Waals surface area contributed by atoms with Crippen LogP contribution in [0.25, 0.3) is 0 Å². The molecule has 0 unspecified atom stereocenters. The second-order valence-electron chi connectivity index (χ2n) is 6.00. The number of halogens is 1. The molecule has 2 aromatic carbocycles. The molecule has 0 atom stereocenters. The molecule has 1 N–H and O–H groups in total. The van der Waals surface area contributed by atoms with Crippen LogP contribution < -0.4 is 5.32 Å². The number of carbonyl (C=O) groups excluding carboxylic acids is 1. The Kier molecular flexibility index (Phi) is 5.51. The Hall–Kier alpha value is -2.59. The Morgan fingerprint density at radius 3 is 2.64 bits per heavy atom. The van der Waals surface area contributed by atoms with Crippen molar-refractivity contribution in [2.24, 2.45) is 0 Å². The van der Waals surface area contributed by atoms with Crippen LogP contribution in [-0.2, 0) is 17.8 Å². The zero-order valence-corrected chi connectivity index (χ0v) is 14.8. The molecule has 0 saturated carbocycles. The van der Waals surface area contributed by atoms with E-state index in [1.165, 1.54) is 11.1 Å². The number of benzene rings is 2. The van der Waals surface area contributed by atoms with Crippen LogP contribution in [0.1, 0.15) is 23.1 Å². The van der Waals surface area contributed by atoms with Gasteiger partial charge in [-0.15, -0.1) is 0 Å². The molecule has 0 bridgehead atoms. The molecule has 0 aliphatic rings. The summed E-state index contributed by atoms with van der Waals surface area (Å²) in [6.07, 6.45) is 2.96. The van der Waals surface area contributed by atoms with E-state index in [2.05, 4.69) is 29.5 Å². The molecule has 1 heterocycles. The number of hydrogen-bond donors (Lipinski definition) is 1. The Bertz CT molecular complexity index is 855. The van der Waals surface area contributed by atoms with Crippen LogP contribution >= 0.6 is 11.6 Å². The third-order valence-electron chi connectivity index (χ3n) is 4.06. The van der Waals surface area contributed by atoms with Gasteiger partial charge in [0.05, 0.1) is 6.54 Å². The molecule has 0 radical (unpaired) electrons. The van der Waals surface area contributed by atoms with Gasteiger partial charge in [0.1, 0.15) is 0 Å². The fourth-order valence-corrected chi connectivity index (χ4v) is 2.72. The number of nitrogens with zero attached hydrogens (tertiary/aromatic N) is 2. The van der Waals surface area contributed by atoms with Crippen molar-refractivity contribution >= 4 is 23.3 Å². The highest BCUT2D eigenvalue weighted by molar-refractivity contribution is 6.30. The Morgan fingerprint density at radius 1 is 1.12 bits per heavy atom. The topological polar surface area (TPSA) is 46.9 Å². The number of aryl methyl sites for hydroxylation is 2. The summed E-state index contributed by atoms with van der Waals surface area (Å²) in [5.74, 6) is 0.533. The normalized spacial score (nSPS) is 10.6. The molecule has 128 valence electrons. The number of nitrogens with one attached hydrogen (secondary N) is 1. The molecule has 1 amide bonds. The van der Waals surface area contributed by atoms with E-state index in [0.29, 0.717) is 30.2 Å². The first kappa shape index (κ1) is 17.2. The van der Waals surface area contributed by atoms with Gasteiger partial charge in [0.15, 0.2) is 5.82 Å². The Balaban J connectivity index is 1.53. The van der Waals surface area contributed by atoms with Crippen molar-refractivity contribution in [3.05, 3.63) is 82.5 Å². The van der Waals surface area contributed by atoms with Crippen LogP contribution in [0.15, 0.2) is 60.8 Å². The molecule has 0 fully saturated rings. The highest BCUT2D eigenvalue weighted by Gasteiger charge is 2.07. The number of rotatable bonds is 6. The summed E-state index contributed by atoms with van der Waals surface area (Å²) in [7, 11) is 0. The highest BCUT2D eigenvalue weighted by atomic mass is 35.5. The maximum Gasteiger partial charge on any atom is 0.225 e. The van der Waals surface area contributed by atoms with Gasteiger partial charge in [0.2, 0.25) is 5.91 Å². The van der Waals surface area contributed by atoms with E-state index in [1.54, 1.807) is 0 Å². The minimum absolute atomic E-state index is 0.0453. The molecule has 3 rings (SSSR count). The second-order valence-corrected chi connectivity index (χ2v) is 6.44. The van der Waals surface area contributed by atoms with E-state index in [-0.39, 0.29) is 5.91 Å². The fourth-order valence-electron chi connectivity index (χ4n) is 2.59. The van der Waals surface area contributed by atoms with E-state index in [9.17, 15) is 4.79 Å². The molecule has 0 aliphatic carbocycles. The van der Waals surface area contributed by atoms with E-state index in [0.717, 1.165) is 5.56 Å². The van der Waals surface area contributed by atoms with Crippen LogP contribution in [0.3, 0.4) is 0 Å². The molecule has 25 heavy (non-hydrogen) atoms. The molecule has 1 aromatic heterocycles. The lowest BCUT2D eigenvalue weighted by Gasteiger charge is -2.06. The van der Waals surface area contributed by atoms with Gasteiger partial charge in [0, 0.05) is 23.7 Å². The van der Waals surface area contributed by atoms with Crippen LogP contribution in [0.2, 0.25) is 5.02 Å². The van der Waals surface area contributed by atoms with Crippen LogP contribution in [0.5, 0.6) is 0 Å². The van der Waals surface area contributed by atoms with Crippen molar-refractivity contribution in [3.8, 4) is 0 Å². The number of carbonyl (C=O) groups is 1. The summed E-state index contributed by atoms with van der Waals surface area (Å²) in [5, 5.41) is 7.97. The first-order valence-electron chi connectivity index (χ1n) is 8.22. The number of aromatic nitrogens is 2. The van der Waals surface area contributed by atoms with Crippen LogP contribution in [-0.4, -0.2) is 15.7 Å². The monoisotopic (exact) mass is 353 g/mol. The predicted molar refractivity (Wildman–Crippen MR) is 101 cm³/mol. The van der Waals surface area contributed by atoms with E-state index < -0.39 is 0 Å². The molecular formula is C20H20ClN3O. The lowest BCUT2D eigenvalue weighted by atomic mass is 10.1. The molecule has 5 heteroatoms. The largest absolute Gasteiger partial charge is 0.309 e. The van der Waals surface area contributed by atoms with Gasteiger partial charge in [-0.2, -0.15) is 5.10 Å². The van der Waals surface area contributed by atoms with Crippen molar-refractivity contribution in [2.45, 2.75) is 26.3 Å². The highest BCUT2D eigenvalue weighted by Crippen LogP contribution is 2.13. The minimum atomic E-state index is -0.0453. The van der Waals surface area contributed by atoms with Gasteiger partial charge in [-0.1, -0.05) is 48.0 Å². The van der Waals surface area contributed by atoms with Crippen molar-refractivity contribution < 1.29 is 4.79 Å². The molecule has 0 aliphatic heterocycles. The van der Waals surface area contributed by atoms with Crippen molar-refractivity contribution in [2.75, 3.05) is 5.32 Å². The molecule has 0 saturated heterocycles. The van der Waals surface area contributed by atoms with Gasteiger partial charge < -0.3 is 5.32 Å². The number of anilines is 1. The summed E-state index contributed by atoms with van der Waals surface area (Å²) in [5.41, 5.74) is 3.53. The number of hydrogen-bond acceptors (Lipinski definition) is 2. The fraction of sp³-hybridized carbons (Fsp3) is 0.200. The van der Waals surface area contributed by atoms with Crippen LogP contribution in [0, 0.1) is 6.92 Å². The van der Waals surface area contributed by atoms with Gasteiger partial charge in [-0.25, -0.2) is 0 Å². The van der Waals surface area contributed by atoms with Gasteiger partial charge in [0.25, 0.3) is 0 Å².